The second-order valence-corrected chi connectivity index (χ2v) is 7.05. The molecule has 1 aliphatic heterocycles. The number of nitrogens with two attached hydrogens (primary N) is 1. The van der Waals surface area contributed by atoms with E-state index in [-0.39, 0.29) is 28.5 Å². The molecule has 0 bridgehead atoms. The summed E-state index contributed by atoms with van der Waals surface area (Å²) < 4.78 is 38.9. The first-order valence-corrected chi connectivity index (χ1v) is 9.32. The average Bonchev–Trinajstić information content (AvgIpc) is 2.73. The predicted molar refractivity (Wildman–Crippen MR) is 108 cm³/mol. The minimum Gasteiger partial charge on any atom is -0.440 e. The van der Waals surface area contributed by atoms with E-state index >= 15 is 0 Å². The summed E-state index contributed by atoms with van der Waals surface area (Å²) >= 11 is 0. The minimum atomic E-state index is -0.893. The zero-order chi connectivity index (χ0) is 22.1. The van der Waals surface area contributed by atoms with E-state index in [9.17, 15) is 18.8 Å². The maximum absolute atomic E-state index is 14.5. The number of benzene rings is 3. The summed E-state index contributed by atoms with van der Waals surface area (Å²) in [6.45, 7) is 1.86. The Balaban J connectivity index is 1.72. The van der Waals surface area contributed by atoms with Crippen LogP contribution in [0.25, 0.3) is 0 Å². The van der Waals surface area contributed by atoms with Gasteiger partial charge in [0.05, 0.1) is 11.5 Å². The summed E-state index contributed by atoms with van der Waals surface area (Å²) in [5.41, 5.74) is 7.72. The van der Waals surface area contributed by atoms with Crippen LogP contribution in [0.4, 0.5) is 8.78 Å². The van der Waals surface area contributed by atoms with Gasteiger partial charge in [-0.05, 0) is 31.2 Å². The third kappa shape index (κ3) is 3.83. The van der Waals surface area contributed by atoms with Crippen LogP contribution in [0.3, 0.4) is 0 Å². The number of esters is 1. The van der Waals surface area contributed by atoms with Crippen molar-refractivity contribution in [3.05, 3.63) is 106 Å². The van der Waals surface area contributed by atoms with E-state index in [1.165, 1.54) is 18.2 Å². The van der Waals surface area contributed by atoms with Gasteiger partial charge in [-0.2, -0.15) is 5.26 Å². The first kappa shape index (κ1) is 20.1. The fraction of sp³-hybridized carbons (Fsp3) is 0.0833. The molecule has 3 aromatic rings. The molecule has 0 saturated carbocycles. The van der Waals surface area contributed by atoms with Gasteiger partial charge in [0.15, 0.2) is 0 Å². The van der Waals surface area contributed by atoms with Crippen molar-refractivity contribution in [3.8, 4) is 17.6 Å². The number of carbonyl (C=O) groups excluding carboxylic acids is 1. The molecule has 7 heteroatoms. The number of hydrogen-bond acceptors (Lipinski definition) is 5. The Kier molecular flexibility index (Phi) is 5.14. The first-order valence-electron chi connectivity index (χ1n) is 9.32. The molecule has 0 unspecified atom stereocenters. The highest BCUT2D eigenvalue weighted by Gasteiger charge is 2.33. The molecule has 31 heavy (non-hydrogen) atoms. The van der Waals surface area contributed by atoms with Crippen LogP contribution >= 0.6 is 0 Å². The number of nitrogens with zero attached hydrogens (tertiary/aromatic N) is 1. The van der Waals surface area contributed by atoms with Crippen molar-refractivity contribution in [2.45, 2.75) is 12.8 Å². The largest absolute Gasteiger partial charge is 0.440 e. The normalized spacial score (nSPS) is 15.0. The topological polar surface area (TPSA) is 85.3 Å². The van der Waals surface area contributed by atoms with E-state index in [1.54, 1.807) is 24.3 Å². The third-order valence-corrected chi connectivity index (χ3v) is 4.93. The molecular formula is C24H16F2N2O3. The molecule has 154 valence electrons. The zero-order valence-electron chi connectivity index (χ0n) is 16.4. The zero-order valence-corrected chi connectivity index (χ0v) is 16.4. The Morgan fingerprint density at radius 2 is 1.87 bits per heavy atom. The summed E-state index contributed by atoms with van der Waals surface area (Å²) in [6, 6.07) is 16.5. The van der Waals surface area contributed by atoms with Gasteiger partial charge in [-0.25, -0.2) is 13.6 Å². The van der Waals surface area contributed by atoms with Crippen molar-refractivity contribution in [1.82, 2.24) is 0 Å². The second kappa shape index (κ2) is 7.92. The number of aryl methyl sites for hydroxylation is 1. The van der Waals surface area contributed by atoms with Crippen molar-refractivity contribution >= 4 is 5.97 Å². The van der Waals surface area contributed by atoms with Crippen LogP contribution in [-0.2, 0) is 0 Å². The Morgan fingerprint density at radius 3 is 2.58 bits per heavy atom. The fourth-order valence-corrected chi connectivity index (χ4v) is 3.49. The smallest absolute Gasteiger partial charge is 0.343 e. The van der Waals surface area contributed by atoms with Gasteiger partial charge in [-0.3, -0.25) is 0 Å². The molecule has 1 heterocycles. The molecule has 0 saturated heterocycles. The van der Waals surface area contributed by atoms with E-state index in [2.05, 4.69) is 0 Å². The number of ether oxygens (including phenoxy) is 2. The lowest BCUT2D eigenvalue weighted by Gasteiger charge is -2.27. The van der Waals surface area contributed by atoms with Gasteiger partial charge in [-0.1, -0.05) is 29.8 Å². The Bertz CT molecular complexity index is 1280. The molecule has 0 radical (unpaired) electrons. The monoisotopic (exact) mass is 418 g/mol. The van der Waals surface area contributed by atoms with Gasteiger partial charge in [0.2, 0.25) is 5.88 Å². The number of rotatable bonds is 3. The maximum atomic E-state index is 14.5. The molecular weight excluding hydrogens is 402 g/mol. The Hall–Kier alpha value is -4.18. The molecule has 0 aliphatic carbocycles. The molecule has 3 aromatic carbocycles. The lowest BCUT2D eigenvalue weighted by Crippen LogP contribution is -2.22. The van der Waals surface area contributed by atoms with Crippen LogP contribution in [-0.4, -0.2) is 5.97 Å². The standard InChI is InChI=1S/C24H16F2N2O3/c1-13-3-2-4-14(9-13)24(29)30-16-6-8-18-21(11-16)31-23(28)19(12-27)22(18)17-7-5-15(25)10-20(17)26/h2-11,22H,28H2,1H3/t22-/m1/s1. The summed E-state index contributed by atoms with van der Waals surface area (Å²) in [5, 5.41) is 9.55. The second-order valence-electron chi connectivity index (χ2n) is 7.05. The number of hydrogen-bond donors (Lipinski definition) is 1. The van der Waals surface area contributed by atoms with Crippen LogP contribution in [0.1, 0.15) is 33.0 Å². The van der Waals surface area contributed by atoms with Crippen LogP contribution in [0.5, 0.6) is 11.5 Å². The molecule has 2 N–H and O–H groups in total. The molecule has 0 spiro atoms. The van der Waals surface area contributed by atoms with Crippen LogP contribution in [0.15, 0.2) is 72.1 Å². The van der Waals surface area contributed by atoms with Gasteiger partial charge in [-0.15, -0.1) is 0 Å². The lowest BCUT2D eigenvalue weighted by atomic mass is 9.83. The maximum Gasteiger partial charge on any atom is 0.343 e. The predicted octanol–water partition coefficient (Wildman–Crippen LogP) is 4.71. The third-order valence-electron chi connectivity index (χ3n) is 4.93. The van der Waals surface area contributed by atoms with Crippen molar-refractivity contribution < 1.29 is 23.0 Å². The van der Waals surface area contributed by atoms with E-state index in [1.807, 2.05) is 19.1 Å². The van der Waals surface area contributed by atoms with Crippen molar-refractivity contribution in [1.29, 1.82) is 5.26 Å². The van der Waals surface area contributed by atoms with Gasteiger partial charge >= 0.3 is 5.97 Å². The summed E-state index contributed by atoms with van der Waals surface area (Å²) in [7, 11) is 0. The van der Waals surface area contributed by atoms with Crippen molar-refractivity contribution in [2.24, 2.45) is 5.73 Å². The molecule has 1 aliphatic rings. The number of carbonyl (C=O) groups is 1. The molecule has 4 rings (SSSR count). The van der Waals surface area contributed by atoms with Crippen molar-refractivity contribution in [2.75, 3.05) is 0 Å². The number of allylic oxidation sites excluding steroid dienone is 1. The highest BCUT2D eigenvalue weighted by molar-refractivity contribution is 5.91. The van der Waals surface area contributed by atoms with E-state index in [4.69, 9.17) is 15.2 Å². The highest BCUT2D eigenvalue weighted by atomic mass is 19.1. The molecule has 0 aromatic heterocycles. The minimum absolute atomic E-state index is 0.00233. The highest BCUT2D eigenvalue weighted by Crippen LogP contribution is 2.44. The van der Waals surface area contributed by atoms with Gasteiger partial charge in [0, 0.05) is 23.3 Å². The van der Waals surface area contributed by atoms with Gasteiger partial charge < -0.3 is 15.2 Å². The fourth-order valence-electron chi connectivity index (χ4n) is 3.49. The van der Waals surface area contributed by atoms with Gasteiger partial charge in [0.25, 0.3) is 0 Å². The number of nitriles is 1. The molecule has 0 fully saturated rings. The van der Waals surface area contributed by atoms with Crippen molar-refractivity contribution in [3.63, 3.8) is 0 Å². The quantitative estimate of drug-likeness (QED) is 0.492. The SMILES string of the molecule is Cc1cccc(C(=O)Oc2ccc3c(c2)OC(N)=C(C#N)[C@@H]3c2ccc(F)cc2F)c1. The van der Waals surface area contributed by atoms with E-state index < -0.39 is 23.5 Å². The first-order chi connectivity index (χ1) is 14.9. The van der Waals surface area contributed by atoms with Crippen LogP contribution in [0, 0.1) is 29.9 Å². The Morgan fingerprint density at radius 1 is 1.10 bits per heavy atom. The summed E-state index contributed by atoms with van der Waals surface area (Å²) in [4.78, 5) is 12.4. The Labute approximate surface area is 176 Å². The number of fused-ring (bicyclic) bond motifs is 1. The van der Waals surface area contributed by atoms with E-state index in [0.717, 1.165) is 17.7 Å². The number of halogens is 2. The van der Waals surface area contributed by atoms with E-state index in [0.29, 0.717) is 11.1 Å². The van der Waals surface area contributed by atoms with Crippen LogP contribution < -0.4 is 15.2 Å². The summed E-state index contributed by atoms with van der Waals surface area (Å²) in [6.07, 6.45) is 0. The van der Waals surface area contributed by atoms with Crippen LogP contribution in [0.2, 0.25) is 0 Å². The lowest BCUT2D eigenvalue weighted by molar-refractivity contribution is 0.0734. The molecule has 1 atom stereocenters. The average molecular weight is 418 g/mol. The van der Waals surface area contributed by atoms with Gasteiger partial charge in [0.1, 0.15) is 34.8 Å². The summed E-state index contributed by atoms with van der Waals surface area (Å²) in [5.74, 6) is -2.80. The molecule has 5 nitrogen and oxygen atoms in total. The molecule has 0 amide bonds.